The monoisotopic (exact) mass is 259 g/mol. The van der Waals surface area contributed by atoms with Crippen molar-refractivity contribution in [1.82, 2.24) is 5.32 Å². The van der Waals surface area contributed by atoms with E-state index >= 15 is 0 Å². The van der Waals surface area contributed by atoms with Gasteiger partial charge in [0.25, 0.3) is 0 Å². The first kappa shape index (κ1) is 13.1. The number of aliphatic hydroxyl groups excluding tert-OH is 1. The van der Waals surface area contributed by atoms with Gasteiger partial charge in [-0.3, -0.25) is 0 Å². The van der Waals surface area contributed by atoms with Crippen LogP contribution in [0.5, 0.6) is 0 Å². The summed E-state index contributed by atoms with van der Waals surface area (Å²) in [6, 6.07) is 11.0. The highest BCUT2D eigenvalue weighted by Gasteiger charge is 2.63. The molecule has 0 saturated heterocycles. The number of fused-ring (bicyclic) bond motifs is 2. The number of hydrogen-bond acceptors (Lipinski definition) is 2. The highest BCUT2D eigenvalue weighted by Crippen LogP contribution is 2.65. The van der Waals surface area contributed by atoms with Crippen molar-refractivity contribution < 1.29 is 5.11 Å². The lowest BCUT2D eigenvalue weighted by Gasteiger charge is -2.41. The number of nitrogens with one attached hydrogen (secondary N) is 1. The van der Waals surface area contributed by atoms with Gasteiger partial charge in [0, 0.05) is 18.0 Å². The van der Waals surface area contributed by atoms with Crippen LogP contribution in [-0.4, -0.2) is 17.8 Å². The Morgan fingerprint density at radius 3 is 2.63 bits per heavy atom. The maximum absolute atomic E-state index is 10.0. The quantitative estimate of drug-likeness (QED) is 0.871. The lowest BCUT2D eigenvalue weighted by Crippen LogP contribution is -2.48. The summed E-state index contributed by atoms with van der Waals surface area (Å²) in [6.07, 6.45) is 3.69. The van der Waals surface area contributed by atoms with Crippen LogP contribution in [0.25, 0.3) is 0 Å². The Bertz CT molecular complexity index is 442. The van der Waals surface area contributed by atoms with Gasteiger partial charge >= 0.3 is 0 Å². The largest absolute Gasteiger partial charge is 0.396 e. The van der Waals surface area contributed by atoms with Gasteiger partial charge in [0.1, 0.15) is 0 Å². The zero-order chi connectivity index (χ0) is 13.5. The van der Waals surface area contributed by atoms with E-state index in [0.29, 0.717) is 12.6 Å². The first-order chi connectivity index (χ1) is 9.10. The third-order valence-electron chi connectivity index (χ3n) is 6.11. The number of rotatable bonds is 4. The van der Waals surface area contributed by atoms with Crippen molar-refractivity contribution in [3.8, 4) is 0 Å². The molecule has 2 fully saturated rings. The fourth-order valence-corrected chi connectivity index (χ4v) is 4.58. The fraction of sp³-hybridized carbons (Fsp3) is 0.647. The van der Waals surface area contributed by atoms with E-state index in [-0.39, 0.29) is 10.8 Å². The summed E-state index contributed by atoms with van der Waals surface area (Å²) in [4.78, 5) is 0. The summed E-state index contributed by atoms with van der Waals surface area (Å²) in [5, 5.41) is 13.7. The summed E-state index contributed by atoms with van der Waals surface area (Å²) in [7, 11) is 0. The van der Waals surface area contributed by atoms with Gasteiger partial charge in [-0.2, -0.15) is 0 Å². The molecular formula is C17H25NO. The topological polar surface area (TPSA) is 32.3 Å². The smallest absolute Gasteiger partial charge is 0.0507 e. The minimum atomic E-state index is 0.0897. The zero-order valence-corrected chi connectivity index (χ0v) is 12.0. The third kappa shape index (κ3) is 1.85. The Labute approximate surface area is 116 Å². The van der Waals surface area contributed by atoms with Crippen molar-refractivity contribution in [3.05, 3.63) is 35.9 Å². The molecule has 2 heteroatoms. The zero-order valence-electron chi connectivity index (χ0n) is 12.0. The van der Waals surface area contributed by atoms with Gasteiger partial charge in [-0.25, -0.2) is 0 Å². The first-order valence-corrected chi connectivity index (χ1v) is 7.48. The lowest BCUT2D eigenvalue weighted by atomic mass is 9.68. The van der Waals surface area contributed by atoms with Crippen molar-refractivity contribution in [1.29, 1.82) is 0 Å². The summed E-state index contributed by atoms with van der Waals surface area (Å²) < 4.78 is 0. The molecule has 2 bridgehead atoms. The molecule has 0 radical (unpaired) electrons. The Balaban J connectivity index is 1.73. The molecule has 2 nitrogen and oxygen atoms in total. The molecule has 2 N–H and O–H groups in total. The minimum absolute atomic E-state index is 0.0897. The molecule has 1 aromatic carbocycles. The van der Waals surface area contributed by atoms with Gasteiger partial charge in [-0.1, -0.05) is 44.2 Å². The molecule has 0 aromatic heterocycles. The van der Waals surface area contributed by atoms with Crippen LogP contribution in [0.3, 0.4) is 0 Å². The van der Waals surface area contributed by atoms with E-state index in [1.165, 1.54) is 24.8 Å². The molecule has 19 heavy (non-hydrogen) atoms. The highest BCUT2D eigenvalue weighted by atomic mass is 16.3. The summed E-state index contributed by atoms with van der Waals surface area (Å²) in [5.74, 6) is 0.771. The van der Waals surface area contributed by atoms with Crippen molar-refractivity contribution in [2.24, 2.45) is 16.7 Å². The van der Waals surface area contributed by atoms with E-state index < -0.39 is 0 Å². The van der Waals surface area contributed by atoms with Gasteiger partial charge in [0.2, 0.25) is 0 Å². The lowest BCUT2D eigenvalue weighted by molar-refractivity contribution is 0.0239. The molecule has 3 rings (SSSR count). The highest BCUT2D eigenvalue weighted by molar-refractivity contribution is 5.17. The average molecular weight is 259 g/mol. The van der Waals surface area contributed by atoms with Crippen LogP contribution in [0.2, 0.25) is 0 Å². The van der Waals surface area contributed by atoms with E-state index in [0.717, 1.165) is 12.5 Å². The van der Waals surface area contributed by atoms with Crippen LogP contribution >= 0.6 is 0 Å². The molecule has 2 aliphatic carbocycles. The van der Waals surface area contributed by atoms with Crippen molar-refractivity contribution in [2.75, 3.05) is 6.61 Å². The second kappa shape index (κ2) is 4.60. The predicted molar refractivity (Wildman–Crippen MR) is 77.7 cm³/mol. The normalized spacial score (nSPS) is 35.7. The van der Waals surface area contributed by atoms with Crippen LogP contribution in [0.1, 0.15) is 38.7 Å². The van der Waals surface area contributed by atoms with Crippen molar-refractivity contribution in [2.45, 2.75) is 45.7 Å². The molecule has 0 unspecified atom stereocenters. The minimum Gasteiger partial charge on any atom is -0.396 e. The summed E-state index contributed by atoms with van der Waals surface area (Å²) >= 11 is 0. The maximum atomic E-state index is 10.0. The fourth-order valence-electron chi connectivity index (χ4n) is 4.58. The van der Waals surface area contributed by atoms with Crippen molar-refractivity contribution >= 4 is 0 Å². The van der Waals surface area contributed by atoms with Gasteiger partial charge in [0.15, 0.2) is 0 Å². The molecule has 3 atom stereocenters. The molecule has 104 valence electrons. The third-order valence-corrected chi connectivity index (χ3v) is 6.11. The molecule has 0 spiro atoms. The van der Waals surface area contributed by atoms with Crippen LogP contribution < -0.4 is 5.32 Å². The second-order valence-corrected chi connectivity index (χ2v) is 6.93. The number of hydrogen-bond donors (Lipinski definition) is 2. The predicted octanol–water partition coefficient (Wildman–Crippen LogP) is 2.96. The Morgan fingerprint density at radius 1 is 1.26 bits per heavy atom. The molecule has 0 heterocycles. The SMILES string of the molecule is CC1(C)[C@@H]2CC[C@@]1(CO)[C@H](NCc1ccccc1)C2. The standard InChI is InChI=1S/C17H25NO/c1-16(2)14-8-9-17(16,12-19)15(10-14)18-11-13-6-4-3-5-7-13/h3-7,14-15,18-19H,8-12H2,1-2H3/t14-,15-,17-/m1/s1. The Hall–Kier alpha value is -0.860. The Kier molecular flexibility index (Phi) is 3.18. The van der Waals surface area contributed by atoms with Crippen LogP contribution in [0, 0.1) is 16.7 Å². The molecule has 0 aliphatic heterocycles. The average Bonchev–Trinajstić information content (AvgIpc) is 2.81. The van der Waals surface area contributed by atoms with Crippen LogP contribution in [0.4, 0.5) is 0 Å². The number of aliphatic hydroxyl groups is 1. The van der Waals surface area contributed by atoms with Gasteiger partial charge in [-0.15, -0.1) is 0 Å². The van der Waals surface area contributed by atoms with E-state index in [9.17, 15) is 5.11 Å². The molecule has 2 saturated carbocycles. The maximum Gasteiger partial charge on any atom is 0.0507 e. The van der Waals surface area contributed by atoms with Crippen LogP contribution in [0.15, 0.2) is 30.3 Å². The van der Waals surface area contributed by atoms with E-state index in [4.69, 9.17) is 0 Å². The van der Waals surface area contributed by atoms with Crippen LogP contribution in [-0.2, 0) is 6.54 Å². The van der Waals surface area contributed by atoms with Gasteiger partial charge in [-0.05, 0) is 36.2 Å². The van der Waals surface area contributed by atoms with E-state index in [1.54, 1.807) is 0 Å². The molecule has 1 aromatic rings. The van der Waals surface area contributed by atoms with E-state index in [1.807, 2.05) is 0 Å². The summed E-state index contributed by atoms with van der Waals surface area (Å²) in [6.45, 7) is 5.94. The molecule has 0 amide bonds. The Morgan fingerprint density at radius 2 is 2.00 bits per heavy atom. The second-order valence-electron chi connectivity index (χ2n) is 6.93. The summed E-state index contributed by atoms with van der Waals surface area (Å²) in [5.41, 5.74) is 1.69. The van der Waals surface area contributed by atoms with Gasteiger partial charge < -0.3 is 10.4 Å². The van der Waals surface area contributed by atoms with Crippen molar-refractivity contribution in [3.63, 3.8) is 0 Å². The molecule has 2 aliphatic rings. The first-order valence-electron chi connectivity index (χ1n) is 7.48. The number of benzene rings is 1. The van der Waals surface area contributed by atoms with E-state index in [2.05, 4.69) is 49.5 Å². The molecular weight excluding hydrogens is 234 g/mol. The van der Waals surface area contributed by atoms with Gasteiger partial charge in [0.05, 0.1) is 6.61 Å².